The molecule has 2 aromatic carbocycles. The van der Waals surface area contributed by atoms with Crippen LogP contribution in [0.3, 0.4) is 0 Å². The Labute approximate surface area is 105 Å². The second-order valence-corrected chi connectivity index (χ2v) is 3.73. The predicted octanol–water partition coefficient (Wildman–Crippen LogP) is 1.09. The summed E-state index contributed by atoms with van der Waals surface area (Å²) < 4.78 is 0. The molecule has 72 valence electrons. The van der Waals surface area contributed by atoms with E-state index in [0.29, 0.717) is 0 Å². The molecule has 0 bridgehead atoms. The van der Waals surface area contributed by atoms with Crippen LogP contribution in [-0.4, -0.2) is 0 Å². The first-order valence-corrected chi connectivity index (χ1v) is 4.89. The molecule has 0 unspecified atom stereocenters. The maximum atomic E-state index is 2.17. The van der Waals surface area contributed by atoms with Crippen molar-refractivity contribution in [2.24, 2.45) is 0 Å². The van der Waals surface area contributed by atoms with Crippen molar-refractivity contribution in [1.82, 2.24) is 0 Å². The van der Waals surface area contributed by atoms with Crippen molar-refractivity contribution in [2.75, 3.05) is 0 Å². The molecule has 0 radical (unpaired) electrons. The van der Waals surface area contributed by atoms with Gasteiger partial charge in [-0.25, -0.2) is 0 Å². The van der Waals surface area contributed by atoms with E-state index < -0.39 is 0 Å². The van der Waals surface area contributed by atoms with Crippen LogP contribution in [-0.2, 0) is 0 Å². The molecule has 0 fully saturated rings. The van der Waals surface area contributed by atoms with E-state index in [4.69, 9.17) is 0 Å². The van der Waals surface area contributed by atoms with Gasteiger partial charge in [0.05, 0.1) is 0 Å². The number of aryl methyl sites for hydroxylation is 2. The summed E-state index contributed by atoms with van der Waals surface area (Å²) in [5, 5.41) is 0. The Morgan fingerprint density at radius 1 is 0.600 bits per heavy atom. The zero-order valence-corrected chi connectivity index (χ0v) is 9.62. The van der Waals surface area contributed by atoms with E-state index in [1.54, 1.807) is 0 Å². The van der Waals surface area contributed by atoms with E-state index in [0.717, 1.165) is 0 Å². The largest absolute Gasteiger partial charge is 1.00 e. The van der Waals surface area contributed by atoms with E-state index in [1.165, 1.54) is 22.3 Å². The Morgan fingerprint density at radius 2 is 0.867 bits per heavy atom. The molecule has 0 aromatic heterocycles. The first-order valence-electron chi connectivity index (χ1n) is 4.89. The summed E-state index contributed by atoms with van der Waals surface area (Å²) in [4.78, 5) is 0. The van der Waals surface area contributed by atoms with E-state index >= 15 is 0 Å². The van der Waals surface area contributed by atoms with E-state index in [1.807, 2.05) is 0 Å². The number of hydrogen-bond donors (Lipinski definition) is 0. The molecule has 2 aromatic rings. The molecule has 0 aliphatic rings. The van der Waals surface area contributed by atoms with Gasteiger partial charge in [-0.2, -0.15) is 0 Å². The van der Waals surface area contributed by atoms with Crippen LogP contribution < -0.4 is 18.9 Å². The maximum absolute atomic E-state index is 2.17. The van der Waals surface area contributed by atoms with Crippen molar-refractivity contribution >= 4 is 0 Å². The van der Waals surface area contributed by atoms with Gasteiger partial charge in [0, 0.05) is 0 Å². The molecular formula is C14H15Li. The van der Waals surface area contributed by atoms with Crippen molar-refractivity contribution in [2.45, 2.75) is 13.8 Å². The summed E-state index contributed by atoms with van der Waals surface area (Å²) in [7, 11) is 0. The fourth-order valence-electron chi connectivity index (χ4n) is 1.49. The normalized spacial score (nSPS) is 9.47. The number of benzene rings is 2. The van der Waals surface area contributed by atoms with Crippen LogP contribution in [0.1, 0.15) is 12.6 Å². The van der Waals surface area contributed by atoms with E-state index in [2.05, 4.69) is 62.4 Å². The summed E-state index contributed by atoms with van der Waals surface area (Å²) in [6.45, 7) is 4.22. The van der Waals surface area contributed by atoms with Gasteiger partial charge in [0.1, 0.15) is 0 Å². The Bertz CT molecular complexity index is 374. The Kier molecular flexibility index (Phi) is 4.21. The van der Waals surface area contributed by atoms with Gasteiger partial charge >= 0.3 is 18.9 Å². The fourth-order valence-corrected chi connectivity index (χ4v) is 1.49. The molecule has 0 aliphatic heterocycles. The molecule has 0 saturated heterocycles. The molecule has 0 atom stereocenters. The number of hydrogen-bond acceptors (Lipinski definition) is 0. The third-order valence-corrected chi connectivity index (χ3v) is 2.44. The Hall–Kier alpha value is -0.963. The van der Waals surface area contributed by atoms with Crippen LogP contribution in [0.15, 0.2) is 48.5 Å². The van der Waals surface area contributed by atoms with Crippen molar-refractivity contribution in [3.05, 3.63) is 59.7 Å². The van der Waals surface area contributed by atoms with Gasteiger partial charge in [0.2, 0.25) is 0 Å². The molecule has 0 nitrogen and oxygen atoms in total. The zero-order valence-electron chi connectivity index (χ0n) is 10.6. The monoisotopic (exact) mass is 190 g/mol. The minimum atomic E-state index is 0. The van der Waals surface area contributed by atoms with Crippen molar-refractivity contribution < 1.29 is 20.3 Å². The first kappa shape index (κ1) is 12.1. The molecule has 0 N–H and O–H groups in total. The molecule has 1 heteroatoms. The van der Waals surface area contributed by atoms with Gasteiger partial charge in [-0.3, -0.25) is 0 Å². The fraction of sp³-hybridized carbons (Fsp3) is 0.143. The van der Waals surface area contributed by atoms with Gasteiger partial charge < -0.3 is 1.43 Å². The van der Waals surface area contributed by atoms with Crippen molar-refractivity contribution in [3.8, 4) is 11.1 Å². The van der Waals surface area contributed by atoms with Crippen LogP contribution in [0, 0.1) is 13.8 Å². The van der Waals surface area contributed by atoms with Gasteiger partial charge in [-0.05, 0) is 25.0 Å². The minimum Gasteiger partial charge on any atom is -1.00 e. The second kappa shape index (κ2) is 5.21. The molecule has 0 amide bonds. The molecule has 2 rings (SSSR count). The summed E-state index contributed by atoms with van der Waals surface area (Å²) in [5.41, 5.74) is 5.19. The molecule has 0 saturated carbocycles. The topological polar surface area (TPSA) is 0 Å². The van der Waals surface area contributed by atoms with Crippen molar-refractivity contribution in [1.29, 1.82) is 0 Å². The third kappa shape index (κ3) is 2.99. The maximum Gasteiger partial charge on any atom is 1.00 e. The summed E-state index contributed by atoms with van der Waals surface area (Å²) >= 11 is 0. The minimum absolute atomic E-state index is 0. The molecule has 0 heterocycles. The van der Waals surface area contributed by atoms with Crippen LogP contribution in [0.25, 0.3) is 11.1 Å². The first-order chi connectivity index (χ1) is 6.75. The van der Waals surface area contributed by atoms with Gasteiger partial charge in [-0.15, -0.1) is 0 Å². The average Bonchev–Trinajstić information content (AvgIpc) is 2.21. The van der Waals surface area contributed by atoms with E-state index in [9.17, 15) is 0 Å². The molecule has 0 spiro atoms. The second-order valence-electron chi connectivity index (χ2n) is 3.73. The average molecular weight is 190 g/mol. The molecule has 15 heavy (non-hydrogen) atoms. The Morgan fingerprint density at radius 3 is 1.13 bits per heavy atom. The van der Waals surface area contributed by atoms with Gasteiger partial charge in [-0.1, -0.05) is 59.7 Å². The SMILES string of the molecule is Cc1ccc(-c2ccc(C)cc2)cc1.[H-].[Li+]. The summed E-state index contributed by atoms with van der Waals surface area (Å²) in [5.74, 6) is 0. The Balaban J connectivity index is 0.00000112. The summed E-state index contributed by atoms with van der Waals surface area (Å²) in [6, 6.07) is 17.3. The third-order valence-electron chi connectivity index (χ3n) is 2.44. The zero-order chi connectivity index (χ0) is 9.97. The predicted molar refractivity (Wildman–Crippen MR) is 62.5 cm³/mol. The van der Waals surface area contributed by atoms with Crippen LogP contribution >= 0.6 is 0 Å². The standard InChI is InChI=1S/C14H14.Li.H/c1-11-3-7-13(8-4-11)14-9-5-12(2)6-10-14;;/h3-10H,1-2H3;;/q;+1;-1. The molecular weight excluding hydrogens is 175 g/mol. The summed E-state index contributed by atoms with van der Waals surface area (Å²) in [6.07, 6.45) is 0. The van der Waals surface area contributed by atoms with Gasteiger partial charge in [0.25, 0.3) is 0 Å². The number of rotatable bonds is 1. The van der Waals surface area contributed by atoms with Gasteiger partial charge in [0.15, 0.2) is 0 Å². The smallest absolute Gasteiger partial charge is 1.00 e. The van der Waals surface area contributed by atoms with Crippen LogP contribution in [0.5, 0.6) is 0 Å². The quantitative estimate of drug-likeness (QED) is 0.590. The molecule has 0 aliphatic carbocycles. The van der Waals surface area contributed by atoms with E-state index in [-0.39, 0.29) is 20.3 Å². The van der Waals surface area contributed by atoms with Crippen LogP contribution in [0.2, 0.25) is 0 Å². The van der Waals surface area contributed by atoms with Crippen molar-refractivity contribution in [3.63, 3.8) is 0 Å². The van der Waals surface area contributed by atoms with Crippen LogP contribution in [0.4, 0.5) is 0 Å².